The van der Waals surface area contributed by atoms with Crippen LogP contribution in [0.25, 0.3) is 0 Å². The zero-order valence-electron chi connectivity index (χ0n) is 11.6. The molecule has 0 aliphatic heterocycles. The van der Waals surface area contributed by atoms with E-state index in [4.69, 9.17) is 5.73 Å². The van der Waals surface area contributed by atoms with Gasteiger partial charge in [0, 0.05) is 11.4 Å². The van der Waals surface area contributed by atoms with Crippen LogP contribution in [0.4, 0.5) is 11.4 Å². The number of rotatable bonds is 5. The molecule has 104 valence electrons. The van der Waals surface area contributed by atoms with Crippen molar-refractivity contribution < 1.29 is 4.79 Å². The summed E-state index contributed by atoms with van der Waals surface area (Å²) in [6.07, 6.45) is 3.98. The fraction of sp³-hybridized carbons (Fsp3) is 0.250. The molecule has 0 aliphatic rings. The smallest absolute Gasteiger partial charge is 0.230 e. The van der Waals surface area contributed by atoms with E-state index in [2.05, 4.69) is 17.2 Å². The standard InChI is InChI=1S/C16H19N3O/c1-2-3-12-4-7-14(8-5-12)19-16(20)10-15-9-6-13(17)11-18-15/h4-9,11H,2-3,10,17H2,1H3,(H,19,20). The highest BCUT2D eigenvalue weighted by Crippen LogP contribution is 2.11. The van der Waals surface area contributed by atoms with Gasteiger partial charge >= 0.3 is 0 Å². The molecule has 0 saturated carbocycles. The van der Waals surface area contributed by atoms with Gasteiger partial charge in [0.25, 0.3) is 0 Å². The highest BCUT2D eigenvalue weighted by molar-refractivity contribution is 5.92. The molecule has 2 aromatic rings. The third-order valence-electron chi connectivity index (χ3n) is 2.97. The van der Waals surface area contributed by atoms with Crippen molar-refractivity contribution in [2.45, 2.75) is 26.2 Å². The maximum atomic E-state index is 11.9. The lowest BCUT2D eigenvalue weighted by molar-refractivity contribution is -0.115. The number of hydrogen-bond acceptors (Lipinski definition) is 3. The maximum Gasteiger partial charge on any atom is 0.230 e. The molecular weight excluding hydrogens is 250 g/mol. The molecule has 1 aromatic carbocycles. The Kier molecular flexibility index (Phi) is 4.71. The van der Waals surface area contributed by atoms with Crippen LogP contribution in [-0.4, -0.2) is 10.9 Å². The molecule has 0 aliphatic carbocycles. The Labute approximate surface area is 119 Å². The van der Waals surface area contributed by atoms with Crippen LogP contribution in [0.1, 0.15) is 24.6 Å². The molecule has 1 heterocycles. The lowest BCUT2D eigenvalue weighted by atomic mass is 10.1. The van der Waals surface area contributed by atoms with E-state index in [0.29, 0.717) is 11.4 Å². The molecule has 0 atom stereocenters. The lowest BCUT2D eigenvalue weighted by Crippen LogP contribution is -2.15. The Morgan fingerprint density at radius 2 is 1.95 bits per heavy atom. The second kappa shape index (κ2) is 6.70. The minimum atomic E-state index is -0.0782. The molecule has 1 amide bonds. The van der Waals surface area contributed by atoms with E-state index < -0.39 is 0 Å². The summed E-state index contributed by atoms with van der Waals surface area (Å²) in [5.41, 5.74) is 8.96. The van der Waals surface area contributed by atoms with E-state index in [-0.39, 0.29) is 12.3 Å². The molecule has 4 heteroatoms. The van der Waals surface area contributed by atoms with E-state index in [1.165, 1.54) is 5.56 Å². The first-order valence-corrected chi connectivity index (χ1v) is 6.76. The Morgan fingerprint density at radius 3 is 2.55 bits per heavy atom. The number of carbonyl (C=O) groups excluding carboxylic acids is 1. The molecule has 20 heavy (non-hydrogen) atoms. The van der Waals surface area contributed by atoms with Gasteiger partial charge in [0.1, 0.15) is 0 Å². The van der Waals surface area contributed by atoms with Crippen molar-refractivity contribution >= 4 is 17.3 Å². The zero-order valence-corrected chi connectivity index (χ0v) is 11.6. The van der Waals surface area contributed by atoms with Gasteiger partial charge in [0.2, 0.25) is 5.91 Å². The van der Waals surface area contributed by atoms with Gasteiger partial charge in [-0.1, -0.05) is 25.5 Å². The molecular formula is C16H19N3O. The van der Waals surface area contributed by atoms with Gasteiger partial charge in [-0.25, -0.2) is 0 Å². The summed E-state index contributed by atoms with van der Waals surface area (Å²) in [5, 5.41) is 2.86. The van der Waals surface area contributed by atoms with Gasteiger partial charge in [-0.15, -0.1) is 0 Å². The summed E-state index contributed by atoms with van der Waals surface area (Å²) in [7, 11) is 0. The summed E-state index contributed by atoms with van der Waals surface area (Å²) in [5.74, 6) is -0.0782. The molecule has 0 bridgehead atoms. The quantitative estimate of drug-likeness (QED) is 0.877. The lowest BCUT2D eigenvalue weighted by Gasteiger charge is -2.06. The number of benzene rings is 1. The van der Waals surface area contributed by atoms with E-state index >= 15 is 0 Å². The number of amides is 1. The Balaban J connectivity index is 1.92. The van der Waals surface area contributed by atoms with Crippen LogP contribution in [0.15, 0.2) is 42.6 Å². The molecule has 2 rings (SSSR count). The van der Waals surface area contributed by atoms with Crippen LogP contribution in [0.5, 0.6) is 0 Å². The van der Waals surface area contributed by atoms with Crippen molar-refractivity contribution in [2.24, 2.45) is 0 Å². The predicted octanol–water partition coefficient (Wildman–Crippen LogP) is 2.80. The first-order valence-electron chi connectivity index (χ1n) is 6.76. The van der Waals surface area contributed by atoms with Crippen molar-refractivity contribution in [3.8, 4) is 0 Å². The average Bonchev–Trinajstić information content (AvgIpc) is 2.44. The Morgan fingerprint density at radius 1 is 1.20 bits per heavy atom. The maximum absolute atomic E-state index is 11.9. The number of anilines is 2. The van der Waals surface area contributed by atoms with Crippen LogP contribution in [0.2, 0.25) is 0 Å². The van der Waals surface area contributed by atoms with Crippen molar-refractivity contribution in [2.75, 3.05) is 11.1 Å². The molecule has 0 saturated heterocycles. The minimum absolute atomic E-state index is 0.0782. The summed E-state index contributed by atoms with van der Waals surface area (Å²) in [4.78, 5) is 16.0. The number of nitrogens with one attached hydrogen (secondary N) is 1. The van der Waals surface area contributed by atoms with E-state index in [9.17, 15) is 4.79 Å². The van der Waals surface area contributed by atoms with Crippen LogP contribution < -0.4 is 11.1 Å². The summed E-state index contributed by atoms with van der Waals surface area (Å²) in [6, 6.07) is 11.5. The monoisotopic (exact) mass is 269 g/mol. The molecule has 0 fully saturated rings. The number of nitrogen functional groups attached to an aromatic ring is 1. The van der Waals surface area contributed by atoms with E-state index in [1.807, 2.05) is 24.3 Å². The Bertz CT molecular complexity index is 561. The molecule has 0 spiro atoms. The van der Waals surface area contributed by atoms with Gasteiger partial charge in [-0.05, 0) is 36.2 Å². The predicted molar refractivity (Wildman–Crippen MR) is 81.4 cm³/mol. The molecule has 3 N–H and O–H groups in total. The minimum Gasteiger partial charge on any atom is -0.397 e. The fourth-order valence-corrected chi connectivity index (χ4v) is 1.95. The normalized spacial score (nSPS) is 10.2. The SMILES string of the molecule is CCCc1ccc(NC(=O)Cc2ccc(N)cn2)cc1. The first-order chi connectivity index (χ1) is 9.67. The second-order valence-electron chi connectivity index (χ2n) is 4.75. The van der Waals surface area contributed by atoms with Crippen LogP contribution >= 0.6 is 0 Å². The van der Waals surface area contributed by atoms with Crippen molar-refractivity contribution in [1.82, 2.24) is 4.98 Å². The first kappa shape index (κ1) is 14.1. The van der Waals surface area contributed by atoms with Crippen molar-refractivity contribution in [1.29, 1.82) is 0 Å². The van der Waals surface area contributed by atoms with Crippen molar-refractivity contribution in [3.63, 3.8) is 0 Å². The van der Waals surface area contributed by atoms with Gasteiger partial charge in [-0.2, -0.15) is 0 Å². The number of aryl methyl sites for hydroxylation is 1. The summed E-state index contributed by atoms with van der Waals surface area (Å²) in [6.45, 7) is 2.15. The van der Waals surface area contributed by atoms with E-state index in [1.54, 1.807) is 18.3 Å². The number of hydrogen-bond donors (Lipinski definition) is 2. The summed E-state index contributed by atoms with van der Waals surface area (Å²) < 4.78 is 0. The van der Waals surface area contributed by atoms with Gasteiger partial charge in [0.05, 0.1) is 18.3 Å². The third-order valence-corrected chi connectivity index (χ3v) is 2.97. The molecule has 0 radical (unpaired) electrons. The molecule has 0 unspecified atom stereocenters. The third kappa shape index (κ3) is 4.09. The number of aromatic nitrogens is 1. The van der Waals surface area contributed by atoms with Gasteiger partial charge in [-0.3, -0.25) is 9.78 Å². The highest BCUT2D eigenvalue weighted by Gasteiger charge is 2.05. The largest absolute Gasteiger partial charge is 0.397 e. The van der Waals surface area contributed by atoms with E-state index in [0.717, 1.165) is 18.5 Å². The average molecular weight is 269 g/mol. The van der Waals surface area contributed by atoms with Crippen LogP contribution in [0, 0.1) is 0 Å². The number of nitrogens with zero attached hydrogens (tertiary/aromatic N) is 1. The van der Waals surface area contributed by atoms with Crippen LogP contribution in [-0.2, 0) is 17.6 Å². The number of nitrogens with two attached hydrogens (primary N) is 1. The highest BCUT2D eigenvalue weighted by atomic mass is 16.1. The van der Waals surface area contributed by atoms with Crippen LogP contribution in [0.3, 0.4) is 0 Å². The fourth-order valence-electron chi connectivity index (χ4n) is 1.95. The molecule has 4 nitrogen and oxygen atoms in total. The summed E-state index contributed by atoms with van der Waals surface area (Å²) >= 11 is 0. The Hall–Kier alpha value is -2.36. The number of pyridine rings is 1. The van der Waals surface area contributed by atoms with Crippen molar-refractivity contribution in [3.05, 3.63) is 53.9 Å². The van der Waals surface area contributed by atoms with Gasteiger partial charge in [0.15, 0.2) is 0 Å². The molecule has 1 aromatic heterocycles. The topological polar surface area (TPSA) is 68.0 Å². The zero-order chi connectivity index (χ0) is 14.4. The van der Waals surface area contributed by atoms with Gasteiger partial charge < -0.3 is 11.1 Å². The number of carbonyl (C=O) groups is 1. The second-order valence-corrected chi connectivity index (χ2v) is 4.75.